The van der Waals surface area contributed by atoms with Crippen molar-refractivity contribution in [3.05, 3.63) is 45.7 Å². The molecular weight excluding hydrogens is 234 g/mol. The molecule has 0 aliphatic heterocycles. The summed E-state index contributed by atoms with van der Waals surface area (Å²) >= 11 is 0. The zero-order chi connectivity index (χ0) is 14.4. The fourth-order valence-corrected chi connectivity index (χ4v) is 2.43. The molecule has 0 radical (unpaired) electrons. The Kier molecular flexibility index (Phi) is 3.08. The van der Waals surface area contributed by atoms with Gasteiger partial charge in [-0.3, -0.25) is 4.79 Å². The Morgan fingerprint density at radius 3 is 2.00 bits per heavy atom. The van der Waals surface area contributed by atoms with Crippen molar-refractivity contribution in [1.82, 2.24) is 4.98 Å². The second-order valence-corrected chi connectivity index (χ2v) is 7.26. The SMILES string of the molecule is CC(C)(C)c1c[nH]c2c(C(C)(C)C)cccc2c1=O. The van der Waals surface area contributed by atoms with Crippen LogP contribution in [0.2, 0.25) is 0 Å². The predicted octanol–water partition coefficient (Wildman–Crippen LogP) is 4.12. The van der Waals surface area contributed by atoms with E-state index in [1.165, 1.54) is 5.56 Å². The lowest BCUT2D eigenvalue weighted by atomic mass is 9.83. The zero-order valence-electron chi connectivity index (χ0n) is 12.7. The third-order valence-electron chi connectivity index (χ3n) is 3.53. The van der Waals surface area contributed by atoms with Crippen molar-refractivity contribution in [1.29, 1.82) is 0 Å². The molecule has 1 aromatic heterocycles. The summed E-state index contributed by atoms with van der Waals surface area (Å²) < 4.78 is 0. The quantitative estimate of drug-likeness (QED) is 0.756. The first-order chi connectivity index (χ1) is 8.62. The summed E-state index contributed by atoms with van der Waals surface area (Å²) in [4.78, 5) is 16.0. The molecule has 102 valence electrons. The number of pyridine rings is 1. The number of hydrogen-bond donors (Lipinski definition) is 1. The highest BCUT2D eigenvalue weighted by Crippen LogP contribution is 2.28. The molecular formula is C17H23NO. The standard InChI is InChI=1S/C17H23NO/c1-16(2,3)12-9-7-8-11-14(12)18-10-13(15(11)19)17(4,5)6/h7-10H,1-6H3,(H,18,19). The van der Waals surface area contributed by atoms with Gasteiger partial charge in [-0.15, -0.1) is 0 Å². The first kappa shape index (κ1) is 13.9. The number of fused-ring (bicyclic) bond motifs is 1. The van der Waals surface area contributed by atoms with Crippen LogP contribution in [0.1, 0.15) is 52.7 Å². The van der Waals surface area contributed by atoms with Crippen LogP contribution in [-0.2, 0) is 10.8 Å². The largest absolute Gasteiger partial charge is 0.360 e. The van der Waals surface area contributed by atoms with Crippen molar-refractivity contribution in [2.24, 2.45) is 0 Å². The van der Waals surface area contributed by atoms with Gasteiger partial charge in [-0.2, -0.15) is 0 Å². The van der Waals surface area contributed by atoms with Gasteiger partial charge in [-0.25, -0.2) is 0 Å². The van der Waals surface area contributed by atoms with Crippen LogP contribution >= 0.6 is 0 Å². The van der Waals surface area contributed by atoms with Crippen molar-refractivity contribution in [2.75, 3.05) is 0 Å². The smallest absolute Gasteiger partial charge is 0.193 e. The summed E-state index contributed by atoms with van der Waals surface area (Å²) in [5.74, 6) is 0. The van der Waals surface area contributed by atoms with E-state index in [0.717, 1.165) is 16.5 Å². The molecule has 0 atom stereocenters. The van der Waals surface area contributed by atoms with Crippen molar-refractivity contribution in [3.63, 3.8) is 0 Å². The van der Waals surface area contributed by atoms with E-state index in [4.69, 9.17) is 0 Å². The monoisotopic (exact) mass is 257 g/mol. The van der Waals surface area contributed by atoms with Gasteiger partial charge in [0.1, 0.15) is 0 Å². The van der Waals surface area contributed by atoms with Gasteiger partial charge in [-0.1, -0.05) is 53.7 Å². The number of aromatic amines is 1. The Morgan fingerprint density at radius 2 is 1.47 bits per heavy atom. The molecule has 0 bridgehead atoms. The Morgan fingerprint density at radius 1 is 0.895 bits per heavy atom. The highest BCUT2D eigenvalue weighted by atomic mass is 16.1. The van der Waals surface area contributed by atoms with E-state index in [9.17, 15) is 4.79 Å². The van der Waals surface area contributed by atoms with Gasteiger partial charge in [0.25, 0.3) is 0 Å². The second-order valence-electron chi connectivity index (χ2n) is 7.26. The molecule has 1 heterocycles. The molecule has 0 aliphatic rings. The van der Waals surface area contributed by atoms with Crippen LogP contribution in [-0.4, -0.2) is 4.98 Å². The van der Waals surface area contributed by atoms with Gasteiger partial charge in [0.2, 0.25) is 0 Å². The second kappa shape index (κ2) is 4.22. The molecule has 1 N–H and O–H groups in total. The Bertz CT molecular complexity index is 666. The van der Waals surface area contributed by atoms with Crippen LogP contribution in [0.3, 0.4) is 0 Å². The van der Waals surface area contributed by atoms with Gasteiger partial charge in [0.05, 0.1) is 5.52 Å². The maximum atomic E-state index is 12.6. The lowest BCUT2D eigenvalue weighted by molar-refractivity contribution is 0.582. The first-order valence-electron chi connectivity index (χ1n) is 6.78. The molecule has 2 aromatic rings. The van der Waals surface area contributed by atoms with Gasteiger partial charge in [-0.05, 0) is 22.5 Å². The number of hydrogen-bond acceptors (Lipinski definition) is 1. The molecule has 2 heteroatoms. The van der Waals surface area contributed by atoms with Crippen LogP contribution in [0.4, 0.5) is 0 Å². The van der Waals surface area contributed by atoms with Crippen molar-refractivity contribution in [3.8, 4) is 0 Å². The number of nitrogens with one attached hydrogen (secondary N) is 1. The highest BCUT2D eigenvalue weighted by Gasteiger charge is 2.22. The molecule has 0 fully saturated rings. The third kappa shape index (κ3) is 2.44. The molecule has 0 spiro atoms. The number of benzene rings is 1. The molecule has 0 amide bonds. The number of para-hydroxylation sites is 1. The lowest BCUT2D eigenvalue weighted by Gasteiger charge is -2.23. The Labute approximate surface area is 114 Å². The minimum atomic E-state index is -0.139. The van der Waals surface area contributed by atoms with E-state index in [2.05, 4.69) is 52.6 Å². The fraction of sp³-hybridized carbons (Fsp3) is 0.471. The van der Waals surface area contributed by atoms with E-state index >= 15 is 0 Å². The van der Waals surface area contributed by atoms with Crippen LogP contribution < -0.4 is 5.43 Å². The fourth-order valence-electron chi connectivity index (χ4n) is 2.43. The molecule has 0 unspecified atom stereocenters. The van der Waals surface area contributed by atoms with Gasteiger partial charge < -0.3 is 4.98 Å². The van der Waals surface area contributed by atoms with Crippen molar-refractivity contribution < 1.29 is 0 Å². The van der Waals surface area contributed by atoms with E-state index in [0.29, 0.717) is 0 Å². The molecule has 1 aromatic carbocycles. The number of H-pyrrole nitrogens is 1. The minimum absolute atomic E-state index is 0.0195. The summed E-state index contributed by atoms with van der Waals surface area (Å²) in [5, 5.41) is 0.792. The predicted molar refractivity (Wildman–Crippen MR) is 82.0 cm³/mol. The van der Waals surface area contributed by atoms with Gasteiger partial charge in [0, 0.05) is 17.1 Å². The third-order valence-corrected chi connectivity index (χ3v) is 3.53. The summed E-state index contributed by atoms with van der Waals surface area (Å²) in [6.07, 6.45) is 1.87. The highest BCUT2D eigenvalue weighted by molar-refractivity contribution is 5.83. The Balaban J connectivity index is 2.85. The Hall–Kier alpha value is -1.57. The van der Waals surface area contributed by atoms with Gasteiger partial charge in [0.15, 0.2) is 5.43 Å². The van der Waals surface area contributed by atoms with E-state index in [1.54, 1.807) is 0 Å². The zero-order valence-corrected chi connectivity index (χ0v) is 12.7. The summed E-state index contributed by atoms with van der Waals surface area (Å²) in [6, 6.07) is 5.98. The normalized spacial score (nSPS) is 12.9. The molecule has 0 saturated heterocycles. The number of rotatable bonds is 0. The van der Waals surface area contributed by atoms with Crippen molar-refractivity contribution in [2.45, 2.75) is 52.4 Å². The maximum absolute atomic E-state index is 12.6. The lowest BCUT2D eigenvalue weighted by Crippen LogP contribution is -2.24. The summed E-state index contributed by atoms with van der Waals surface area (Å²) in [7, 11) is 0. The number of aromatic nitrogens is 1. The van der Waals surface area contributed by atoms with Crippen LogP contribution in [0.15, 0.2) is 29.2 Å². The summed E-state index contributed by atoms with van der Waals surface area (Å²) in [6.45, 7) is 12.7. The van der Waals surface area contributed by atoms with Crippen LogP contribution in [0.25, 0.3) is 10.9 Å². The van der Waals surface area contributed by atoms with Crippen LogP contribution in [0.5, 0.6) is 0 Å². The van der Waals surface area contributed by atoms with E-state index in [-0.39, 0.29) is 16.3 Å². The molecule has 0 aliphatic carbocycles. The molecule has 19 heavy (non-hydrogen) atoms. The first-order valence-corrected chi connectivity index (χ1v) is 6.78. The average Bonchev–Trinajstić information content (AvgIpc) is 2.26. The average molecular weight is 257 g/mol. The topological polar surface area (TPSA) is 32.9 Å². The minimum Gasteiger partial charge on any atom is -0.360 e. The van der Waals surface area contributed by atoms with Crippen molar-refractivity contribution >= 4 is 10.9 Å². The molecule has 2 rings (SSSR count). The molecule has 2 nitrogen and oxygen atoms in total. The van der Waals surface area contributed by atoms with Gasteiger partial charge >= 0.3 is 0 Å². The van der Waals surface area contributed by atoms with E-state index in [1.807, 2.05) is 18.3 Å². The summed E-state index contributed by atoms with van der Waals surface area (Å²) in [5.41, 5.74) is 3.01. The molecule has 0 saturated carbocycles. The van der Waals surface area contributed by atoms with Crippen LogP contribution in [0, 0.1) is 0 Å². The maximum Gasteiger partial charge on any atom is 0.193 e. The van der Waals surface area contributed by atoms with E-state index < -0.39 is 0 Å².